The monoisotopic (exact) mass is 449 g/mol. The number of aryl methyl sites for hydroxylation is 1. The number of likely N-dealkylation sites (tertiary alicyclic amines) is 1. The Balaban J connectivity index is 1.58. The van der Waals surface area contributed by atoms with E-state index in [9.17, 15) is 13.2 Å². The Morgan fingerprint density at radius 2 is 2.03 bits per heavy atom. The number of rotatable bonds is 6. The van der Waals surface area contributed by atoms with Gasteiger partial charge in [0.15, 0.2) is 11.5 Å². The molecule has 0 bridgehead atoms. The second-order valence-corrected chi connectivity index (χ2v) is 8.05. The van der Waals surface area contributed by atoms with Gasteiger partial charge in [-0.1, -0.05) is 11.2 Å². The minimum absolute atomic E-state index is 0.0160. The van der Waals surface area contributed by atoms with Crippen LogP contribution in [0, 0.1) is 6.92 Å². The zero-order valence-electron chi connectivity index (χ0n) is 18.3. The van der Waals surface area contributed by atoms with Crippen LogP contribution in [0.15, 0.2) is 28.8 Å². The highest BCUT2D eigenvalue weighted by atomic mass is 19.4. The number of alkyl halides is 3. The quantitative estimate of drug-likeness (QED) is 0.507. The topological polar surface area (TPSA) is 60.6 Å². The van der Waals surface area contributed by atoms with Gasteiger partial charge in [-0.2, -0.15) is 13.2 Å². The molecule has 0 spiro atoms. The fourth-order valence-corrected chi connectivity index (χ4v) is 4.36. The van der Waals surface area contributed by atoms with Crippen LogP contribution in [0.4, 0.5) is 13.2 Å². The smallest absolute Gasteiger partial charge is 0.417 e. The van der Waals surface area contributed by atoms with E-state index < -0.39 is 11.7 Å². The van der Waals surface area contributed by atoms with Crippen LogP contribution in [0.5, 0.6) is 11.5 Å². The van der Waals surface area contributed by atoms with Crippen molar-refractivity contribution in [2.24, 2.45) is 0 Å². The molecule has 9 heteroatoms. The first-order valence-corrected chi connectivity index (χ1v) is 10.7. The highest BCUT2D eigenvalue weighted by Gasteiger charge is 2.37. The maximum atomic E-state index is 13.7. The van der Waals surface area contributed by atoms with Gasteiger partial charge in [-0.3, -0.25) is 4.90 Å². The zero-order chi connectivity index (χ0) is 22.9. The van der Waals surface area contributed by atoms with Gasteiger partial charge in [0.05, 0.1) is 30.4 Å². The molecule has 0 N–H and O–H groups in total. The standard InChI is InChI=1S/C23H26F3N3O3/c1-4-31-18-8-7-15(11-19(18)30-3)12-29-9-5-6-16(13-29)21-20-17(23(24,25)26)10-14(2)27-22(20)32-28-21/h7-8,10-11,16H,4-6,9,12-13H2,1-3H3/t16-/m1/s1. The van der Waals surface area contributed by atoms with E-state index in [0.29, 0.717) is 36.9 Å². The maximum absolute atomic E-state index is 13.7. The molecule has 4 rings (SSSR count). The van der Waals surface area contributed by atoms with E-state index in [0.717, 1.165) is 31.0 Å². The normalized spacial score (nSPS) is 17.6. The average Bonchev–Trinajstić information content (AvgIpc) is 3.17. The summed E-state index contributed by atoms with van der Waals surface area (Å²) in [5.74, 6) is 1.18. The van der Waals surface area contributed by atoms with Crippen LogP contribution < -0.4 is 9.47 Å². The van der Waals surface area contributed by atoms with Gasteiger partial charge in [0, 0.05) is 24.7 Å². The van der Waals surface area contributed by atoms with Crippen molar-refractivity contribution in [1.29, 1.82) is 0 Å². The van der Waals surface area contributed by atoms with Crippen LogP contribution >= 0.6 is 0 Å². The van der Waals surface area contributed by atoms with E-state index in [4.69, 9.17) is 14.0 Å². The Bertz CT molecular complexity index is 1100. The number of hydrogen-bond acceptors (Lipinski definition) is 6. The molecule has 6 nitrogen and oxygen atoms in total. The number of piperidine rings is 1. The van der Waals surface area contributed by atoms with Crippen LogP contribution in [-0.2, 0) is 12.7 Å². The number of hydrogen-bond donors (Lipinski definition) is 0. The Morgan fingerprint density at radius 1 is 1.22 bits per heavy atom. The predicted molar refractivity (Wildman–Crippen MR) is 113 cm³/mol. The molecular weight excluding hydrogens is 423 g/mol. The first kappa shape index (κ1) is 22.4. The van der Waals surface area contributed by atoms with Crippen molar-refractivity contribution in [2.75, 3.05) is 26.8 Å². The molecule has 1 aromatic carbocycles. The molecule has 1 fully saturated rings. The van der Waals surface area contributed by atoms with E-state index in [1.54, 1.807) is 7.11 Å². The SMILES string of the molecule is CCOc1ccc(CN2CCC[C@@H](c3noc4nc(C)cc(C(F)(F)F)c34)C2)cc1OC. The summed E-state index contributed by atoms with van der Waals surface area (Å²) in [6, 6.07) is 6.87. The van der Waals surface area contributed by atoms with Gasteiger partial charge < -0.3 is 14.0 Å². The lowest BCUT2D eigenvalue weighted by atomic mass is 9.91. The summed E-state index contributed by atoms with van der Waals surface area (Å²) >= 11 is 0. The number of halogens is 3. The second-order valence-electron chi connectivity index (χ2n) is 8.05. The molecule has 3 aromatic rings. The number of pyridine rings is 1. The Morgan fingerprint density at radius 3 is 2.75 bits per heavy atom. The summed E-state index contributed by atoms with van der Waals surface area (Å²) < 4.78 is 57.4. The molecule has 2 aromatic heterocycles. The number of fused-ring (bicyclic) bond motifs is 1. The highest BCUT2D eigenvalue weighted by molar-refractivity contribution is 5.81. The van der Waals surface area contributed by atoms with Crippen LogP contribution in [0.2, 0.25) is 0 Å². The minimum Gasteiger partial charge on any atom is -0.493 e. The van der Waals surface area contributed by atoms with Gasteiger partial charge in [-0.25, -0.2) is 4.98 Å². The summed E-state index contributed by atoms with van der Waals surface area (Å²) in [6.45, 7) is 6.07. The van der Waals surface area contributed by atoms with E-state index in [-0.39, 0.29) is 22.7 Å². The third-order valence-electron chi connectivity index (χ3n) is 5.73. The molecule has 1 saturated heterocycles. The van der Waals surface area contributed by atoms with Crippen LogP contribution in [0.25, 0.3) is 11.1 Å². The molecule has 1 aliphatic heterocycles. The third-order valence-corrected chi connectivity index (χ3v) is 5.73. The molecule has 3 heterocycles. The van der Waals surface area contributed by atoms with Crippen LogP contribution in [0.1, 0.15) is 48.2 Å². The van der Waals surface area contributed by atoms with Gasteiger partial charge in [0.1, 0.15) is 0 Å². The highest BCUT2D eigenvalue weighted by Crippen LogP contribution is 2.40. The van der Waals surface area contributed by atoms with Crippen molar-refractivity contribution in [3.8, 4) is 11.5 Å². The van der Waals surface area contributed by atoms with Crippen molar-refractivity contribution in [3.05, 3.63) is 46.8 Å². The van der Waals surface area contributed by atoms with Crippen LogP contribution in [-0.4, -0.2) is 41.8 Å². The van der Waals surface area contributed by atoms with Crippen molar-refractivity contribution < 1.29 is 27.2 Å². The second kappa shape index (κ2) is 8.97. The van der Waals surface area contributed by atoms with Crippen molar-refractivity contribution in [1.82, 2.24) is 15.0 Å². The Kier molecular flexibility index (Phi) is 6.28. The molecule has 0 saturated carbocycles. The van der Waals surface area contributed by atoms with Crippen LogP contribution in [0.3, 0.4) is 0 Å². The van der Waals surface area contributed by atoms with Gasteiger partial charge in [-0.05, 0) is 57.0 Å². The lowest BCUT2D eigenvalue weighted by Crippen LogP contribution is -2.34. The lowest BCUT2D eigenvalue weighted by Gasteiger charge is -2.32. The van der Waals surface area contributed by atoms with Gasteiger partial charge in [-0.15, -0.1) is 0 Å². The molecule has 0 amide bonds. The van der Waals surface area contributed by atoms with E-state index in [1.165, 1.54) is 6.92 Å². The number of aromatic nitrogens is 2. The summed E-state index contributed by atoms with van der Waals surface area (Å²) in [6.07, 6.45) is -2.90. The third kappa shape index (κ3) is 4.53. The number of benzene rings is 1. The zero-order valence-corrected chi connectivity index (χ0v) is 18.3. The van der Waals surface area contributed by atoms with Gasteiger partial charge in [0.25, 0.3) is 5.71 Å². The van der Waals surface area contributed by atoms with Gasteiger partial charge in [0.2, 0.25) is 0 Å². The summed E-state index contributed by atoms with van der Waals surface area (Å²) in [5.41, 5.74) is 0.852. The Labute approximate surface area is 184 Å². The van der Waals surface area contributed by atoms with Crippen molar-refractivity contribution in [2.45, 2.75) is 45.3 Å². The number of methoxy groups -OCH3 is 1. The molecule has 0 aliphatic carbocycles. The molecule has 172 valence electrons. The maximum Gasteiger partial charge on any atom is 0.417 e. The van der Waals surface area contributed by atoms with Gasteiger partial charge >= 0.3 is 6.18 Å². The Hall–Kier alpha value is -2.81. The molecular formula is C23H26F3N3O3. The van der Waals surface area contributed by atoms with E-state index >= 15 is 0 Å². The summed E-state index contributed by atoms with van der Waals surface area (Å²) in [4.78, 5) is 6.35. The lowest BCUT2D eigenvalue weighted by molar-refractivity contribution is -0.136. The fraction of sp³-hybridized carbons (Fsp3) is 0.478. The van der Waals surface area contributed by atoms with Crippen molar-refractivity contribution >= 4 is 11.1 Å². The summed E-state index contributed by atoms with van der Waals surface area (Å²) in [7, 11) is 1.60. The van der Waals surface area contributed by atoms with E-state index in [1.807, 2.05) is 25.1 Å². The minimum atomic E-state index is -4.50. The molecule has 1 atom stereocenters. The fourth-order valence-electron chi connectivity index (χ4n) is 4.36. The molecule has 0 radical (unpaired) electrons. The number of ether oxygens (including phenoxy) is 2. The first-order valence-electron chi connectivity index (χ1n) is 10.7. The average molecular weight is 449 g/mol. The van der Waals surface area contributed by atoms with E-state index in [2.05, 4.69) is 15.0 Å². The predicted octanol–water partition coefficient (Wildman–Crippen LogP) is 5.34. The molecule has 32 heavy (non-hydrogen) atoms. The number of nitrogens with zero attached hydrogens (tertiary/aromatic N) is 3. The molecule has 1 aliphatic rings. The first-order chi connectivity index (χ1) is 15.3. The van der Waals surface area contributed by atoms with Crippen molar-refractivity contribution in [3.63, 3.8) is 0 Å². The summed E-state index contributed by atoms with van der Waals surface area (Å²) in [5, 5.41) is 4.02. The molecule has 0 unspecified atom stereocenters. The largest absolute Gasteiger partial charge is 0.493 e.